The molecule has 1 saturated carbocycles. The summed E-state index contributed by atoms with van der Waals surface area (Å²) in [5.74, 6) is -1.94. The molecule has 1 aromatic carbocycles. The fourth-order valence-electron chi connectivity index (χ4n) is 4.94. The lowest BCUT2D eigenvalue weighted by atomic mass is 9.76. The van der Waals surface area contributed by atoms with Crippen LogP contribution in [-0.2, 0) is 6.18 Å². The monoisotopic (exact) mass is 489 g/mol. The number of alkyl halides is 3. The van der Waals surface area contributed by atoms with E-state index in [1.165, 1.54) is 30.6 Å². The summed E-state index contributed by atoms with van der Waals surface area (Å²) >= 11 is 0. The Hall–Kier alpha value is -3.63. The molecule has 3 atom stereocenters. The van der Waals surface area contributed by atoms with Gasteiger partial charge in [-0.3, -0.25) is 4.79 Å². The Bertz CT molecular complexity index is 1250. The number of carbonyl (C=O) groups excluding carboxylic acids is 1. The SMILES string of the molecule is O=C(c1ccc(F)cc1-c1ncccn1)N1C[C@@H]2CC[C@H]1[C@H](Nc1ncc(C(F)(F)F)cc1F)C2. The van der Waals surface area contributed by atoms with E-state index in [1.807, 2.05) is 0 Å². The highest BCUT2D eigenvalue weighted by molar-refractivity contribution is 6.00. The van der Waals surface area contributed by atoms with Gasteiger partial charge in [0.05, 0.1) is 17.2 Å². The number of rotatable bonds is 4. The molecule has 2 aliphatic heterocycles. The summed E-state index contributed by atoms with van der Waals surface area (Å²) in [6.07, 6.45) is 0.998. The van der Waals surface area contributed by atoms with E-state index >= 15 is 0 Å². The number of benzene rings is 1. The number of piperidine rings is 2. The Morgan fingerprint density at radius 2 is 1.83 bits per heavy atom. The van der Waals surface area contributed by atoms with Crippen LogP contribution >= 0.6 is 0 Å². The number of fused-ring (bicyclic) bond motifs is 3. The fraction of sp³-hybridized carbons (Fsp3) is 0.333. The smallest absolute Gasteiger partial charge is 0.363 e. The first-order chi connectivity index (χ1) is 16.7. The van der Waals surface area contributed by atoms with Crippen molar-refractivity contribution in [3.8, 4) is 11.4 Å². The van der Waals surface area contributed by atoms with Gasteiger partial charge < -0.3 is 10.2 Å². The van der Waals surface area contributed by atoms with Gasteiger partial charge in [0.15, 0.2) is 17.5 Å². The molecule has 0 spiro atoms. The van der Waals surface area contributed by atoms with E-state index in [-0.39, 0.29) is 40.6 Å². The first-order valence-corrected chi connectivity index (χ1v) is 11.1. The number of nitrogens with zero attached hydrogens (tertiary/aromatic N) is 4. The minimum atomic E-state index is -4.70. The molecule has 182 valence electrons. The number of anilines is 1. The third kappa shape index (κ3) is 4.54. The van der Waals surface area contributed by atoms with Crippen LogP contribution in [-0.4, -0.2) is 44.4 Å². The summed E-state index contributed by atoms with van der Waals surface area (Å²) in [5.41, 5.74) is -0.672. The number of halogens is 5. The molecule has 0 radical (unpaired) electrons. The van der Waals surface area contributed by atoms with Crippen LogP contribution in [0.4, 0.5) is 27.8 Å². The molecule has 1 aliphatic carbocycles. The number of hydrogen-bond acceptors (Lipinski definition) is 5. The largest absolute Gasteiger partial charge is 0.417 e. The summed E-state index contributed by atoms with van der Waals surface area (Å²) in [7, 11) is 0. The van der Waals surface area contributed by atoms with Gasteiger partial charge in [-0.2, -0.15) is 13.2 Å². The molecule has 4 heterocycles. The highest BCUT2D eigenvalue weighted by Gasteiger charge is 2.44. The molecule has 3 fully saturated rings. The lowest BCUT2D eigenvalue weighted by Crippen LogP contribution is -2.59. The molecule has 6 nitrogen and oxygen atoms in total. The van der Waals surface area contributed by atoms with Crippen LogP contribution in [0.5, 0.6) is 0 Å². The van der Waals surface area contributed by atoms with Crippen molar-refractivity contribution in [2.75, 3.05) is 11.9 Å². The molecular formula is C24H20F5N5O. The maximum atomic E-state index is 14.4. The van der Waals surface area contributed by atoms with Crippen LogP contribution < -0.4 is 5.32 Å². The second kappa shape index (κ2) is 8.86. The van der Waals surface area contributed by atoms with Gasteiger partial charge in [0.2, 0.25) is 0 Å². The van der Waals surface area contributed by atoms with Crippen LogP contribution in [0.3, 0.4) is 0 Å². The van der Waals surface area contributed by atoms with Crippen molar-refractivity contribution in [2.24, 2.45) is 5.92 Å². The summed E-state index contributed by atoms with van der Waals surface area (Å²) in [5, 5.41) is 2.92. The highest BCUT2D eigenvalue weighted by atomic mass is 19.4. The molecule has 35 heavy (non-hydrogen) atoms. The van der Waals surface area contributed by atoms with Crippen molar-refractivity contribution in [1.82, 2.24) is 19.9 Å². The van der Waals surface area contributed by atoms with Crippen LogP contribution in [0.25, 0.3) is 11.4 Å². The van der Waals surface area contributed by atoms with Gasteiger partial charge in [-0.1, -0.05) is 0 Å². The van der Waals surface area contributed by atoms with E-state index in [1.54, 1.807) is 11.0 Å². The quantitative estimate of drug-likeness (QED) is 0.526. The van der Waals surface area contributed by atoms with E-state index < -0.39 is 29.4 Å². The van der Waals surface area contributed by atoms with Gasteiger partial charge in [0.1, 0.15) is 5.82 Å². The Morgan fingerprint density at radius 3 is 2.51 bits per heavy atom. The van der Waals surface area contributed by atoms with Crippen LogP contribution in [0, 0.1) is 17.6 Å². The normalized spacial score (nSPS) is 21.7. The second-order valence-corrected chi connectivity index (χ2v) is 8.77. The van der Waals surface area contributed by atoms with Gasteiger partial charge in [0.25, 0.3) is 5.91 Å². The van der Waals surface area contributed by atoms with Crippen molar-refractivity contribution in [3.05, 3.63) is 71.7 Å². The Kier molecular flexibility index (Phi) is 5.86. The Morgan fingerprint density at radius 1 is 1.06 bits per heavy atom. The second-order valence-electron chi connectivity index (χ2n) is 8.77. The average Bonchev–Trinajstić information content (AvgIpc) is 2.85. The maximum absolute atomic E-state index is 14.4. The zero-order chi connectivity index (χ0) is 24.7. The molecule has 2 bridgehead atoms. The van der Waals surface area contributed by atoms with E-state index in [9.17, 15) is 26.7 Å². The number of nitrogens with one attached hydrogen (secondary N) is 1. The van der Waals surface area contributed by atoms with Crippen LogP contribution in [0.15, 0.2) is 48.9 Å². The molecule has 2 aromatic heterocycles. The number of aromatic nitrogens is 3. The highest BCUT2D eigenvalue weighted by Crippen LogP contribution is 2.39. The number of pyridine rings is 1. The Labute approximate surface area is 197 Å². The molecule has 1 N–H and O–H groups in total. The van der Waals surface area contributed by atoms with Gasteiger partial charge in [-0.15, -0.1) is 0 Å². The summed E-state index contributed by atoms with van der Waals surface area (Å²) in [6.45, 7) is 0.469. The molecule has 11 heteroatoms. The molecule has 2 saturated heterocycles. The average molecular weight is 489 g/mol. The predicted octanol–water partition coefficient (Wildman–Crippen LogP) is 4.94. The third-order valence-electron chi connectivity index (χ3n) is 6.55. The van der Waals surface area contributed by atoms with Gasteiger partial charge in [-0.05, 0) is 55.5 Å². The van der Waals surface area contributed by atoms with Gasteiger partial charge in [-0.25, -0.2) is 23.7 Å². The standard InChI is InChI=1S/C24H20F5N5O/c25-15-3-4-16(17(10-15)21-30-6-1-7-31-21)23(35)34-12-13-2-5-20(34)19(8-13)33-22-18(26)9-14(11-32-22)24(27,28)29/h1,3-4,6-7,9-11,13,19-20H,2,5,8,12H2,(H,32,33)/t13-,19-,20+/m1/s1. The van der Waals surface area contributed by atoms with E-state index in [0.29, 0.717) is 31.6 Å². The fourth-order valence-corrected chi connectivity index (χ4v) is 4.94. The molecule has 0 unspecified atom stereocenters. The van der Waals surface area contributed by atoms with Crippen molar-refractivity contribution >= 4 is 11.7 Å². The lowest BCUT2D eigenvalue weighted by Gasteiger charge is -2.50. The first kappa shape index (κ1) is 23.1. The van der Waals surface area contributed by atoms with E-state index in [4.69, 9.17) is 0 Å². The van der Waals surface area contributed by atoms with Crippen LogP contribution in [0.2, 0.25) is 0 Å². The summed E-state index contributed by atoms with van der Waals surface area (Å²) < 4.78 is 67.0. The molecule has 1 amide bonds. The predicted molar refractivity (Wildman–Crippen MR) is 116 cm³/mol. The van der Waals surface area contributed by atoms with Crippen LogP contribution in [0.1, 0.15) is 35.2 Å². The minimum Gasteiger partial charge on any atom is -0.363 e. The van der Waals surface area contributed by atoms with E-state index in [2.05, 4.69) is 20.3 Å². The number of hydrogen-bond donors (Lipinski definition) is 1. The number of amides is 1. The van der Waals surface area contributed by atoms with Crippen molar-refractivity contribution in [3.63, 3.8) is 0 Å². The molecular weight excluding hydrogens is 469 g/mol. The Balaban J connectivity index is 1.42. The molecule has 3 aromatic rings. The zero-order valence-corrected chi connectivity index (χ0v) is 18.3. The summed E-state index contributed by atoms with van der Waals surface area (Å²) in [4.78, 5) is 27.2. The zero-order valence-electron chi connectivity index (χ0n) is 18.3. The first-order valence-electron chi connectivity index (χ1n) is 11.1. The molecule has 6 rings (SSSR count). The maximum Gasteiger partial charge on any atom is 0.417 e. The minimum absolute atomic E-state index is 0.121. The van der Waals surface area contributed by atoms with Crippen molar-refractivity contribution < 1.29 is 26.7 Å². The lowest BCUT2D eigenvalue weighted by molar-refractivity contribution is -0.138. The van der Waals surface area contributed by atoms with Crippen molar-refractivity contribution in [1.29, 1.82) is 0 Å². The molecule has 3 aliphatic rings. The topological polar surface area (TPSA) is 71.0 Å². The van der Waals surface area contributed by atoms with E-state index in [0.717, 1.165) is 6.42 Å². The van der Waals surface area contributed by atoms with Gasteiger partial charge >= 0.3 is 6.18 Å². The summed E-state index contributed by atoms with van der Waals surface area (Å²) in [6, 6.07) is 5.07. The van der Waals surface area contributed by atoms with Crippen molar-refractivity contribution in [2.45, 2.75) is 37.5 Å². The third-order valence-corrected chi connectivity index (χ3v) is 6.55. The number of carbonyl (C=O) groups is 1. The van der Waals surface area contributed by atoms with Gasteiger partial charge in [0, 0.05) is 36.7 Å².